The Hall–Kier alpha value is -2.97. The average molecular weight is 420 g/mol. The van der Waals surface area contributed by atoms with Crippen LogP contribution in [0.15, 0.2) is 29.3 Å². The first-order valence-corrected chi connectivity index (χ1v) is 10.2. The van der Waals surface area contributed by atoms with Gasteiger partial charge in [-0.1, -0.05) is 12.1 Å². The molecule has 2 amide bonds. The molecule has 9 nitrogen and oxygen atoms in total. The van der Waals surface area contributed by atoms with Gasteiger partial charge < -0.3 is 29.9 Å². The number of aliphatic imine (C=N–C) groups is 1. The van der Waals surface area contributed by atoms with E-state index in [0.717, 1.165) is 24.2 Å². The number of carbonyl (C=O) groups is 2. The summed E-state index contributed by atoms with van der Waals surface area (Å²) in [6.45, 7) is 4.02. The number of methoxy groups -OCH3 is 1. The van der Waals surface area contributed by atoms with Gasteiger partial charge in [0, 0.05) is 33.2 Å². The summed E-state index contributed by atoms with van der Waals surface area (Å²) < 4.78 is 10.3. The second-order valence-electron chi connectivity index (χ2n) is 7.26. The van der Waals surface area contributed by atoms with Crippen LogP contribution in [0.4, 0.5) is 4.79 Å². The normalized spacial score (nSPS) is 14.8. The van der Waals surface area contributed by atoms with Crippen LogP contribution in [0.5, 0.6) is 5.75 Å². The maximum absolute atomic E-state index is 12.0. The molecule has 0 aliphatic carbocycles. The van der Waals surface area contributed by atoms with Crippen molar-refractivity contribution in [2.75, 3.05) is 47.4 Å². The summed E-state index contributed by atoms with van der Waals surface area (Å²) in [5.74, 6) is 1.31. The molecule has 0 saturated carbocycles. The smallest absolute Gasteiger partial charge is 0.409 e. The fourth-order valence-electron chi connectivity index (χ4n) is 3.03. The zero-order valence-corrected chi connectivity index (χ0v) is 18.3. The molecule has 0 radical (unpaired) electrons. The minimum absolute atomic E-state index is 0.0389. The third kappa shape index (κ3) is 7.46. The van der Waals surface area contributed by atoms with Crippen molar-refractivity contribution in [3.05, 3.63) is 29.8 Å². The topological polar surface area (TPSA) is 95.5 Å². The molecule has 9 heteroatoms. The Morgan fingerprint density at radius 1 is 1.27 bits per heavy atom. The van der Waals surface area contributed by atoms with Gasteiger partial charge in [-0.25, -0.2) is 9.79 Å². The van der Waals surface area contributed by atoms with Crippen molar-refractivity contribution in [3.63, 3.8) is 0 Å². The number of ether oxygens (including phenoxy) is 2. The minimum atomic E-state index is -0.266. The number of benzene rings is 1. The minimum Gasteiger partial charge on any atom is -0.497 e. The Morgan fingerprint density at radius 2 is 2.00 bits per heavy atom. The van der Waals surface area contributed by atoms with Gasteiger partial charge in [0.15, 0.2) is 5.96 Å². The Kier molecular flexibility index (Phi) is 9.24. The molecule has 2 N–H and O–H groups in total. The molecule has 1 aromatic rings. The fraction of sp³-hybridized carbons (Fsp3) is 0.571. The summed E-state index contributed by atoms with van der Waals surface area (Å²) in [4.78, 5) is 31.8. The molecular weight excluding hydrogens is 386 g/mol. The number of piperidine rings is 1. The second-order valence-corrected chi connectivity index (χ2v) is 7.26. The predicted molar refractivity (Wildman–Crippen MR) is 116 cm³/mol. The van der Waals surface area contributed by atoms with Gasteiger partial charge in [0.1, 0.15) is 5.75 Å². The molecule has 1 fully saturated rings. The SMILES string of the molecule is CCOC(=O)N1CCC(NC(=NCc2cccc(OC)c2)NCC(=O)N(C)C)CC1. The number of amides is 2. The summed E-state index contributed by atoms with van der Waals surface area (Å²) in [5.41, 5.74) is 1.01. The summed E-state index contributed by atoms with van der Waals surface area (Å²) in [5, 5.41) is 6.51. The lowest BCUT2D eigenvalue weighted by Gasteiger charge is -2.32. The summed E-state index contributed by atoms with van der Waals surface area (Å²) in [6.07, 6.45) is 1.29. The molecular formula is C21H33N5O4. The number of nitrogens with zero attached hydrogens (tertiary/aromatic N) is 3. The third-order valence-corrected chi connectivity index (χ3v) is 4.82. The fourth-order valence-corrected chi connectivity index (χ4v) is 3.03. The maximum Gasteiger partial charge on any atom is 0.409 e. The standard InChI is InChI=1S/C21H33N5O4/c1-5-30-21(28)26-11-9-17(10-12-26)24-20(23-15-19(27)25(2)3)22-14-16-7-6-8-18(13-16)29-4/h6-8,13,17H,5,9-12,14-15H2,1-4H3,(H2,22,23,24). The third-order valence-electron chi connectivity index (χ3n) is 4.82. The molecule has 1 aromatic carbocycles. The Morgan fingerprint density at radius 3 is 2.63 bits per heavy atom. The summed E-state index contributed by atoms with van der Waals surface area (Å²) >= 11 is 0. The van der Waals surface area contributed by atoms with Crippen LogP contribution in [0.2, 0.25) is 0 Å². The van der Waals surface area contributed by atoms with Crippen molar-refractivity contribution < 1.29 is 19.1 Å². The number of hydrogen-bond acceptors (Lipinski definition) is 5. The number of hydrogen-bond donors (Lipinski definition) is 2. The molecule has 0 bridgehead atoms. The monoisotopic (exact) mass is 419 g/mol. The largest absolute Gasteiger partial charge is 0.497 e. The van der Waals surface area contributed by atoms with E-state index in [1.807, 2.05) is 24.3 Å². The second kappa shape index (κ2) is 11.9. The molecule has 1 aliphatic rings. The van der Waals surface area contributed by atoms with Crippen LogP contribution in [-0.2, 0) is 16.1 Å². The van der Waals surface area contributed by atoms with Gasteiger partial charge in [-0.2, -0.15) is 0 Å². The van der Waals surface area contributed by atoms with Crippen molar-refractivity contribution in [2.24, 2.45) is 4.99 Å². The number of likely N-dealkylation sites (tertiary alicyclic amines) is 1. The van der Waals surface area contributed by atoms with Crippen LogP contribution >= 0.6 is 0 Å². The molecule has 2 rings (SSSR count). The van der Waals surface area contributed by atoms with E-state index >= 15 is 0 Å². The van der Waals surface area contributed by atoms with Crippen LogP contribution in [0, 0.1) is 0 Å². The van der Waals surface area contributed by atoms with Crippen LogP contribution in [-0.4, -0.2) is 81.2 Å². The molecule has 30 heavy (non-hydrogen) atoms. The zero-order chi connectivity index (χ0) is 21.9. The first-order valence-electron chi connectivity index (χ1n) is 10.2. The highest BCUT2D eigenvalue weighted by atomic mass is 16.6. The van der Waals surface area contributed by atoms with E-state index in [0.29, 0.717) is 32.2 Å². The van der Waals surface area contributed by atoms with E-state index in [9.17, 15) is 9.59 Å². The van der Waals surface area contributed by atoms with Gasteiger partial charge in [0.25, 0.3) is 0 Å². The Balaban J connectivity index is 1.99. The Bertz CT molecular complexity index is 730. The highest BCUT2D eigenvalue weighted by Crippen LogP contribution is 2.14. The molecule has 0 unspecified atom stereocenters. The molecule has 0 atom stereocenters. The van der Waals surface area contributed by atoms with Gasteiger partial charge in [-0.05, 0) is 37.5 Å². The molecule has 166 valence electrons. The number of nitrogens with one attached hydrogen (secondary N) is 2. The van der Waals surface area contributed by atoms with E-state index < -0.39 is 0 Å². The molecule has 0 spiro atoms. The van der Waals surface area contributed by atoms with Crippen LogP contribution < -0.4 is 15.4 Å². The van der Waals surface area contributed by atoms with E-state index in [-0.39, 0.29) is 24.6 Å². The molecule has 0 aromatic heterocycles. The predicted octanol–water partition coefficient (Wildman–Crippen LogP) is 1.44. The molecule has 1 heterocycles. The molecule has 1 saturated heterocycles. The van der Waals surface area contributed by atoms with Crippen molar-refractivity contribution in [1.29, 1.82) is 0 Å². The van der Waals surface area contributed by atoms with Gasteiger partial charge in [-0.3, -0.25) is 4.79 Å². The van der Waals surface area contributed by atoms with Gasteiger partial charge in [0.05, 0.1) is 26.8 Å². The number of carbonyl (C=O) groups excluding carboxylic acids is 2. The van der Waals surface area contributed by atoms with Crippen molar-refractivity contribution in [1.82, 2.24) is 20.4 Å². The maximum atomic E-state index is 12.0. The summed E-state index contributed by atoms with van der Waals surface area (Å²) in [7, 11) is 5.07. The lowest BCUT2D eigenvalue weighted by atomic mass is 10.1. The lowest BCUT2D eigenvalue weighted by molar-refractivity contribution is -0.127. The quantitative estimate of drug-likeness (QED) is 0.513. The summed E-state index contributed by atoms with van der Waals surface area (Å²) in [6, 6.07) is 7.88. The Labute approximate surface area is 178 Å². The lowest BCUT2D eigenvalue weighted by Crippen LogP contribution is -2.51. The first-order chi connectivity index (χ1) is 14.4. The number of likely N-dealkylation sites (N-methyl/N-ethyl adjacent to an activating group) is 1. The van der Waals surface area contributed by atoms with Crippen LogP contribution in [0.1, 0.15) is 25.3 Å². The van der Waals surface area contributed by atoms with Gasteiger partial charge in [-0.15, -0.1) is 0 Å². The van der Waals surface area contributed by atoms with E-state index in [4.69, 9.17) is 9.47 Å². The highest BCUT2D eigenvalue weighted by molar-refractivity contribution is 5.86. The van der Waals surface area contributed by atoms with Gasteiger partial charge >= 0.3 is 6.09 Å². The van der Waals surface area contributed by atoms with E-state index in [1.54, 1.807) is 33.0 Å². The van der Waals surface area contributed by atoms with Crippen molar-refractivity contribution in [2.45, 2.75) is 32.4 Å². The zero-order valence-electron chi connectivity index (χ0n) is 18.3. The number of guanidine groups is 1. The first kappa shape index (κ1) is 23.3. The van der Waals surface area contributed by atoms with E-state index in [1.165, 1.54) is 4.90 Å². The van der Waals surface area contributed by atoms with Crippen LogP contribution in [0.25, 0.3) is 0 Å². The van der Waals surface area contributed by atoms with Gasteiger partial charge in [0.2, 0.25) is 5.91 Å². The molecule has 1 aliphatic heterocycles. The highest BCUT2D eigenvalue weighted by Gasteiger charge is 2.24. The van der Waals surface area contributed by atoms with Crippen molar-refractivity contribution in [3.8, 4) is 5.75 Å². The van der Waals surface area contributed by atoms with E-state index in [2.05, 4.69) is 15.6 Å². The average Bonchev–Trinajstić information content (AvgIpc) is 2.76. The van der Waals surface area contributed by atoms with Crippen molar-refractivity contribution >= 4 is 18.0 Å². The van der Waals surface area contributed by atoms with Crippen LogP contribution in [0.3, 0.4) is 0 Å². The number of rotatable bonds is 7.